The number of benzene rings is 2. The topological polar surface area (TPSA) is 58.9 Å². The summed E-state index contributed by atoms with van der Waals surface area (Å²) in [5.41, 5.74) is -0.660. The molecule has 4 aromatic rings. The Morgan fingerprint density at radius 1 is 1.00 bits per heavy atom. The Balaban J connectivity index is 1.22. The highest BCUT2D eigenvalue weighted by molar-refractivity contribution is 6.30. The van der Waals surface area contributed by atoms with E-state index in [1.165, 1.54) is 42.5 Å². The Morgan fingerprint density at radius 2 is 1.69 bits per heavy atom. The van der Waals surface area contributed by atoms with Gasteiger partial charge in [-0.1, -0.05) is 23.7 Å². The summed E-state index contributed by atoms with van der Waals surface area (Å²) < 4.78 is 97.9. The third-order valence-electron chi connectivity index (χ3n) is 6.95. The lowest BCUT2D eigenvalue weighted by molar-refractivity contribution is -0.274. The molecule has 0 unspecified atom stereocenters. The molecule has 1 saturated heterocycles. The third-order valence-corrected chi connectivity index (χ3v) is 7.18. The number of nitrogens with zero attached hydrogens (tertiary/aromatic N) is 3. The van der Waals surface area contributed by atoms with E-state index in [0.717, 1.165) is 16.3 Å². The lowest BCUT2D eigenvalue weighted by Crippen LogP contribution is -2.33. The number of anilines is 1. The molecule has 0 bridgehead atoms. The van der Waals surface area contributed by atoms with Crippen LogP contribution in [0.2, 0.25) is 5.02 Å². The molecule has 222 valence electrons. The van der Waals surface area contributed by atoms with E-state index in [9.17, 15) is 31.1 Å². The van der Waals surface area contributed by atoms with Gasteiger partial charge < -0.3 is 15.0 Å². The third kappa shape index (κ3) is 6.56. The highest BCUT2D eigenvalue weighted by Crippen LogP contribution is 2.34. The van der Waals surface area contributed by atoms with E-state index < -0.39 is 35.7 Å². The number of ether oxygens (including phenoxy) is 1. The Morgan fingerprint density at radius 3 is 2.31 bits per heavy atom. The smallest absolute Gasteiger partial charge is 0.406 e. The summed E-state index contributed by atoms with van der Waals surface area (Å²) in [6, 6.07) is 12.6. The van der Waals surface area contributed by atoms with Gasteiger partial charge in [0.2, 0.25) is 0 Å². The van der Waals surface area contributed by atoms with Crippen LogP contribution >= 0.6 is 11.6 Å². The van der Waals surface area contributed by atoms with E-state index >= 15 is 4.39 Å². The average molecular weight is 615 g/mol. The number of fused-ring (bicyclic) bond motifs is 1. The summed E-state index contributed by atoms with van der Waals surface area (Å²) in [5, 5.41) is 2.52. The number of carbonyl (C=O) groups is 1. The van der Waals surface area contributed by atoms with Crippen LogP contribution in [0.4, 0.5) is 36.4 Å². The van der Waals surface area contributed by atoms with E-state index in [1.54, 1.807) is 12.1 Å². The molecule has 1 amide bonds. The summed E-state index contributed by atoms with van der Waals surface area (Å²) in [6.07, 6.45) is -7.33. The zero-order valence-corrected chi connectivity index (χ0v) is 22.3. The van der Waals surface area contributed by atoms with Gasteiger partial charge in [0.15, 0.2) is 5.69 Å². The first kappa shape index (κ1) is 29.5. The molecule has 0 spiro atoms. The van der Waals surface area contributed by atoms with Crippen LogP contribution in [-0.2, 0) is 12.7 Å². The number of imidazole rings is 1. The Kier molecular flexibility index (Phi) is 7.97. The van der Waals surface area contributed by atoms with Crippen LogP contribution in [-0.4, -0.2) is 34.7 Å². The number of halogens is 8. The molecule has 3 heterocycles. The largest absolute Gasteiger partial charge is 0.573 e. The number of hydrogen-bond acceptors (Lipinski definition) is 4. The molecule has 0 saturated carbocycles. The SMILES string of the molecule is O=C(NCc1ccc(C2CCN(c3ccc(OC(F)(F)F)cc3)CC2)c(F)c1)c1c(C(F)(F)F)nc2ccc(Cl)cn12. The molecule has 1 fully saturated rings. The zero-order chi connectivity index (χ0) is 30.2. The maximum atomic E-state index is 15.1. The summed E-state index contributed by atoms with van der Waals surface area (Å²) in [7, 11) is 0. The summed E-state index contributed by atoms with van der Waals surface area (Å²) in [6.45, 7) is 0.867. The number of piperidine rings is 1. The van der Waals surface area contributed by atoms with Gasteiger partial charge in [-0.25, -0.2) is 9.37 Å². The minimum atomic E-state index is -4.89. The predicted octanol–water partition coefficient (Wildman–Crippen LogP) is 7.36. The maximum Gasteiger partial charge on any atom is 0.573 e. The fourth-order valence-corrected chi connectivity index (χ4v) is 5.18. The van der Waals surface area contributed by atoms with Crippen molar-refractivity contribution in [2.75, 3.05) is 18.0 Å². The Labute approximate surface area is 239 Å². The maximum absolute atomic E-state index is 15.1. The van der Waals surface area contributed by atoms with Gasteiger partial charge in [0.25, 0.3) is 5.91 Å². The molecule has 5 rings (SSSR count). The van der Waals surface area contributed by atoms with Crippen molar-refractivity contribution >= 4 is 28.8 Å². The fraction of sp³-hybridized carbons (Fsp3) is 0.286. The van der Waals surface area contributed by atoms with Crippen molar-refractivity contribution in [3.63, 3.8) is 0 Å². The molecule has 0 radical (unpaired) electrons. The predicted molar refractivity (Wildman–Crippen MR) is 140 cm³/mol. The van der Waals surface area contributed by atoms with E-state index in [-0.39, 0.29) is 28.9 Å². The minimum Gasteiger partial charge on any atom is -0.406 e. The van der Waals surface area contributed by atoms with Crippen molar-refractivity contribution in [2.45, 2.75) is 37.8 Å². The van der Waals surface area contributed by atoms with Gasteiger partial charge in [0.1, 0.15) is 22.9 Å². The lowest BCUT2D eigenvalue weighted by Gasteiger charge is -2.34. The van der Waals surface area contributed by atoms with Crippen LogP contribution < -0.4 is 15.0 Å². The van der Waals surface area contributed by atoms with E-state index in [4.69, 9.17) is 11.6 Å². The molecule has 42 heavy (non-hydrogen) atoms. The van der Waals surface area contributed by atoms with Gasteiger partial charge >= 0.3 is 12.5 Å². The molecule has 0 aliphatic carbocycles. The summed E-state index contributed by atoms with van der Waals surface area (Å²) >= 11 is 5.91. The number of hydrogen-bond donors (Lipinski definition) is 1. The van der Waals surface area contributed by atoms with Crippen molar-refractivity contribution in [1.29, 1.82) is 0 Å². The second-order valence-electron chi connectivity index (χ2n) is 9.72. The van der Waals surface area contributed by atoms with Gasteiger partial charge in [0.05, 0.1) is 5.02 Å². The van der Waals surface area contributed by atoms with Gasteiger partial charge in [0, 0.05) is 31.5 Å². The Hall–Kier alpha value is -4.00. The molecule has 1 aliphatic heterocycles. The second kappa shape index (κ2) is 11.3. The van der Waals surface area contributed by atoms with Crippen LogP contribution in [0.3, 0.4) is 0 Å². The Bertz CT molecular complexity index is 1600. The molecule has 0 atom stereocenters. The van der Waals surface area contributed by atoms with Gasteiger partial charge in [-0.15, -0.1) is 13.2 Å². The molecule has 2 aromatic carbocycles. The summed E-state index contributed by atoms with van der Waals surface area (Å²) in [5.74, 6) is -1.99. The number of rotatable bonds is 6. The number of alkyl halides is 6. The van der Waals surface area contributed by atoms with E-state index in [2.05, 4.69) is 15.0 Å². The second-order valence-corrected chi connectivity index (χ2v) is 10.2. The van der Waals surface area contributed by atoms with Crippen molar-refractivity contribution in [3.05, 3.63) is 94.1 Å². The highest BCUT2D eigenvalue weighted by atomic mass is 35.5. The van der Waals surface area contributed by atoms with E-state index in [0.29, 0.717) is 37.1 Å². The first-order valence-electron chi connectivity index (χ1n) is 12.7. The van der Waals surface area contributed by atoms with Gasteiger partial charge in [-0.3, -0.25) is 9.20 Å². The fourth-order valence-electron chi connectivity index (χ4n) is 5.02. The van der Waals surface area contributed by atoms with Gasteiger partial charge in [-0.05, 0) is 72.4 Å². The standard InChI is InChI=1S/C28H22ClF7N4O2/c29-18-2-8-23-38-25(27(31,32)33)24(40(23)15-18)26(41)37-14-16-1-7-21(22(30)13-16)17-9-11-39(12-10-17)19-3-5-20(6-4-19)42-28(34,35)36/h1-8,13,15,17H,9-12,14H2,(H,37,41). The van der Waals surface area contributed by atoms with Crippen molar-refractivity contribution in [3.8, 4) is 5.75 Å². The first-order valence-corrected chi connectivity index (χ1v) is 13.1. The van der Waals surface area contributed by atoms with Crippen LogP contribution in [0, 0.1) is 5.82 Å². The van der Waals surface area contributed by atoms with Gasteiger partial charge in [-0.2, -0.15) is 13.2 Å². The normalized spacial score (nSPS) is 14.8. The minimum absolute atomic E-state index is 0.106. The molecule has 1 aliphatic rings. The molecular weight excluding hydrogens is 593 g/mol. The van der Waals surface area contributed by atoms with E-state index in [1.807, 2.05) is 4.90 Å². The number of aromatic nitrogens is 2. The monoisotopic (exact) mass is 614 g/mol. The number of nitrogens with one attached hydrogen (secondary N) is 1. The van der Waals surface area contributed by atoms with Crippen molar-refractivity contribution < 1.29 is 40.3 Å². The zero-order valence-electron chi connectivity index (χ0n) is 21.6. The summed E-state index contributed by atoms with van der Waals surface area (Å²) in [4.78, 5) is 18.3. The molecule has 6 nitrogen and oxygen atoms in total. The van der Waals surface area contributed by atoms with Crippen LogP contribution in [0.15, 0.2) is 60.8 Å². The molecule has 14 heteroatoms. The molecule has 2 aromatic heterocycles. The number of carbonyl (C=O) groups excluding carboxylic acids is 1. The highest BCUT2D eigenvalue weighted by Gasteiger charge is 2.40. The van der Waals surface area contributed by atoms with Crippen molar-refractivity contribution in [1.82, 2.24) is 14.7 Å². The first-order chi connectivity index (χ1) is 19.8. The molecule has 1 N–H and O–H groups in total. The molecular formula is C28H22ClF7N4O2. The van der Waals surface area contributed by atoms with Crippen LogP contribution in [0.5, 0.6) is 5.75 Å². The lowest BCUT2D eigenvalue weighted by atomic mass is 9.88. The van der Waals surface area contributed by atoms with Crippen molar-refractivity contribution in [2.24, 2.45) is 0 Å². The number of amides is 1. The number of pyridine rings is 1. The quantitative estimate of drug-likeness (QED) is 0.231. The average Bonchev–Trinajstić information content (AvgIpc) is 3.31. The van der Waals surface area contributed by atoms with Crippen LogP contribution in [0.25, 0.3) is 5.65 Å². The van der Waals surface area contributed by atoms with Crippen LogP contribution in [0.1, 0.15) is 46.1 Å².